The maximum Gasteiger partial charge on any atom is 0.490 e. The molecule has 1 amide bonds. The number of nitrogens with two attached hydrogens (primary N) is 2. The molecule has 0 fully saturated rings. The molecule has 0 saturated carbocycles. The van der Waals surface area contributed by atoms with Crippen LogP contribution in [0.25, 0.3) is 11.1 Å². The van der Waals surface area contributed by atoms with Crippen LogP contribution in [0.3, 0.4) is 0 Å². The van der Waals surface area contributed by atoms with Gasteiger partial charge in [-0.25, -0.2) is 13.6 Å². The number of thioether (sulfide) groups is 1. The van der Waals surface area contributed by atoms with Crippen molar-refractivity contribution in [2.24, 2.45) is 16.9 Å². The summed E-state index contributed by atoms with van der Waals surface area (Å²) in [6, 6.07) is 13.4. The van der Waals surface area contributed by atoms with Crippen molar-refractivity contribution in [2.75, 3.05) is 24.6 Å². The number of hydrogen-bond acceptors (Lipinski definition) is 7. The fourth-order valence-corrected chi connectivity index (χ4v) is 5.55. The molecule has 3 aromatic rings. The minimum absolute atomic E-state index is 0.0446. The highest BCUT2D eigenvalue weighted by Crippen LogP contribution is 2.41. The molecule has 2 unspecified atom stereocenters. The Kier molecular flexibility index (Phi) is 18.2. The van der Waals surface area contributed by atoms with E-state index in [1.54, 1.807) is 11.1 Å². The standard InChI is InChI=1S/C30H38F2N4O3S.C3H3F3O.C2HF3O2/c1-30(2,3)28(36(13-7-12-33)27(37)19-40-18-25(34)29(38)39)26-14-21(23-15-22(31)10-11-24(23)32)17-35(26)16-20-8-5-4-6-9-20;1-2(7)3(4,5)6;3-2(4,5)1(6)7/h4-6,8-11,14-15,17,25,28H,7,12-13,16,18-19,33-34H2,1-3H3,(H,38,39);7H,1H2;(H,6,7). The summed E-state index contributed by atoms with van der Waals surface area (Å²) >= 11 is 1.17. The highest BCUT2D eigenvalue weighted by molar-refractivity contribution is 8.00. The lowest BCUT2D eigenvalue weighted by molar-refractivity contribution is -0.192. The van der Waals surface area contributed by atoms with Crippen molar-refractivity contribution in [3.8, 4) is 11.1 Å². The largest absolute Gasteiger partial charge is 0.505 e. The van der Waals surface area contributed by atoms with Crippen LogP contribution < -0.4 is 11.5 Å². The van der Waals surface area contributed by atoms with Gasteiger partial charge in [-0.15, -0.1) is 11.8 Å². The summed E-state index contributed by atoms with van der Waals surface area (Å²) in [4.78, 5) is 35.5. The second-order valence-corrected chi connectivity index (χ2v) is 13.6. The summed E-state index contributed by atoms with van der Waals surface area (Å²) in [5, 5.41) is 23.8. The van der Waals surface area contributed by atoms with Crippen LogP contribution in [0.1, 0.15) is 44.5 Å². The smallest absolute Gasteiger partial charge is 0.490 e. The first-order chi connectivity index (χ1) is 24.8. The van der Waals surface area contributed by atoms with E-state index in [4.69, 9.17) is 31.6 Å². The van der Waals surface area contributed by atoms with E-state index in [9.17, 15) is 44.7 Å². The molecule has 0 radical (unpaired) electrons. The second kappa shape index (κ2) is 20.7. The van der Waals surface area contributed by atoms with Crippen molar-refractivity contribution in [3.63, 3.8) is 0 Å². The van der Waals surface area contributed by atoms with Crippen molar-refractivity contribution >= 4 is 29.6 Å². The second-order valence-electron chi connectivity index (χ2n) is 12.6. The minimum atomic E-state index is -5.08. The molecule has 54 heavy (non-hydrogen) atoms. The molecule has 0 spiro atoms. The van der Waals surface area contributed by atoms with E-state index in [1.165, 1.54) is 17.8 Å². The number of carbonyl (C=O) groups is 3. The number of carboxylic acid groups (broad SMARTS) is 2. The van der Waals surface area contributed by atoms with Gasteiger partial charge in [0.05, 0.1) is 11.8 Å². The molecule has 0 aliphatic carbocycles. The van der Waals surface area contributed by atoms with E-state index in [0.29, 0.717) is 31.6 Å². The number of nitrogens with zero attached hydrogens (tertiary/aromatic N) is 2. The Bertz CT molecular complexity index is 1670. The van der Waals surface area contributed by atoms with E-state index in [1.807, 2.05) is 61.7 Å². The maximum atomic E-state index is 14.9. The molecule has 300 valence electrons. The first kappa shape index (κ1) is 47.4. The number of amides is 1. The van der Waals surface area contributed by atoms with Crippen LogP contribution in [0.4, 0.5) is 35.1 Å². The molecule has 7 N–H and O–H groups in total. The number of aliphatic carboxylic acids is 2. The molecule has 10 nitrogen and oxygen atoms in total. The van der Waals surface area contributed by atoms with Crippen molar-refractivity contribution in [3.05, 3.63) is 96.0 Å². The number of allylic oxidation sites excluding steroid dienone is 1. The predicted molar refractivity (Wildman–Crippen MR) is 187 cm³/mol. The summed E-state index contributed by atoms with van der Waals surface area (Å²) in [6.45, 7) is 9.54. The zero-order chi connectivity index (χ0) is 41.6. The first-order valence-electron chi connectivity index (χ1n) is 15.8. The average molecular weight is 799 g/mol. The number of hydrogen-bond donors (Lipinski definition) is 5. The maximum absolute atomic E-state index is 14.9. The molecule has 0 aliphatic heterocycles. The Labute approximate surface area is 310 Å². The Morgan fingerprint density at radius 1 is 0.926 bits per heavy atom. The Morgan fingerprint density at radius 3 is 1.94 bits per heavy atom. The van der Waals surface area contributed by atoms with Crippen LogP contribution >= 0.6 is 11.8 Å². The number of halogens is 8. The normalized spacial score (nSPS) is 12.7. The first-order valence-corrected chi connectivity index (χ1v) is 17.0. The number of aliphatic hydroxyl groups is 1. The van der Waals surface area contributed by atoms with Crippen molar-refractivity contribution < 1.29 is 64.8 Å². The van der Waals surface area contributed by atoms with Crippen LogP contribution in [0, 0.1) is 17.0 Å². The summed E-state index contributed by atoms with van der Waals surface area (Å²) in [6.07, 6.45) is -7.37. The van der Waals surface area contributed by atoms with E-state index in [0.717, 1.165) is 23.4 Å². The summed E-state index contributed by atoms with van der Waals surface area (Å²) in [5.41, 5.74) is 13.4. The van der Waals surface area contributed by atoms with Gasteiger partial charge in [0.2, 0.25) is 5.91 Å². The molecule has 0 aliphatic rings. The summed E-state index contributed by atoms with van der Waals surface area (Å²) < 4.78 is 95.2. The number of aromatic nitrogens is 1. The molecular weight excluding hydrogens is 756 g/mol. The molecule has 1 aromatic heterocycles. The van der Waals surface area contributed by atoms with Crippen molar-refractivity contribution in [1.82, 2.24) is 9.47 Å². The average Bonchev–Trinajstić information content (AvgIpc) is 3.45. The monoisotopic (exact) mass is 798 g/mol. The number of carbonyl (C=O) groups excluding carboxylic acids is 1. The third kappa shape index (κ3) is 15.8. The van der Waals surface area contributed by atoms with Gasteiger partial charge in [-0.3, -0.25) is 9.59 Å². The number of carboxylic acids is 2. The quantitative estimate of drug-likeness (QED) is 0.0890. The lowest BCUT2D eigenvalue weighted by atomic mass is 9.83. The van der Waals surface area contributed by atoms with E-state index >= 15 is 0 Å². The third-order valence-corrected chi connectivity index (χ3v) is 8.16. The van der Waals surface area contributed by atoms with Gasteiger partial charge in [-0.2, -0.15) is 26.3 Å². The van der Waals surface area contributed by atoms with Crippen LogP contribution in [0.2, 0.25) is 0 Å². The fraction of sp³-hybridized carbons (Fsp3) is 0.400. The molecule has 3 rings (SSSR count). The highest BCUT2D eigenvalue weighted by Gasteiger charge is 2.39. The molecule has 2 atom stereocenters. The van der Waals surface area contributed by atoms with Gasteiger partial charge in [0.25, 0.3) is 0 Å². The van der Waals surface area contributed by atoms with Crippen LogP contribution in [-0.2, 0) is 20.9 Å². The van der Waals surface area contributed by atoms with Gasteiger partial charge in [-0.1, -0.05) is 57.7 Å². The SMILES string of the molecule is C=C(O)C(F)(F)F.CC(C)(C)C(c1cc(-c2cc(F)ccc2F)cn1Cc1ccccc1)N(CCCN)C(=O)CSCC(N)C(=O)O.O=C(O)C(F)(F)F. The molecule has 2 aromatic carbocycles. The van der Waals surface area contributed by atoms with Gasteiger partial charge in [-0.05, 0) is 48.2 Å². The van der Waals surface area contributed by atoms with E-state index < -0.39 is 59.2 Å². The summed E-state index contributed by atoms with van der Waals surface area (Å²) in [7, 11) is 0. The van der Waals surface area contributed by atoms with Crippen molar-refractivity contribution in [2.45, 2.75) is 58.2 Å². The lowest BCUT2D eigenvalue weighted by Crippen LogP contribution is -2.44. The van der Waals surface area contributed by atoms with Crippen LogP contribution in [-0.4, -0.2) is 85.6 Å². The van der Waals surface area contributed by atoms with Gasteiger partial charge in [0.15, 0.2) is 5.76 Å². The number of rotatable bonds is 13. The number of benzene rings is 2. The van der Waals surface area contributed by atoms with Gasteiger partial charge in [0.1, 0.15) is 17.7 Å². The molecule has 1 heterocycles. The fourth-order valence-electron chi connectivity index (χ4n) is 4.70. The van der Waals surface area contributed by atoms with Crippen LogP contribution in [0.15, 0.2) is 73.1 Å². The third-order valence-electron chi connectivity index (χ3n) is 7.11. The summed E-state index contributed by atoms with van der Waals surface area (Å²) in [5.74, 6) is -6.76. The van der Waals surface area contributed by atoms with Gasteiger partial charge >= 0.3 is 24.3 Å². The molecule has 0 bridgehead atoms. The predicted octanol–water partition coefficient (Wildman–Crippen LogP) is 7.15. The topological polar surface area (TPSA) is 172 Å². The Hall–Kier alpha value is -4.62. The van der Waals surface area contributed by atoms with E-state index in [2.05, 4.69) is 6.58 Å². The zero-order valence-electron chi connectivity index (χ0n) is 29.4. The lowest BCUT2D eigenvalue weighted by Gasteiger charge is -2.41. The molecule has 0 saturated heterocycles. The zero-order valence-corrected chi connectivity index (χ0v) is 30.2. The number of aliphatic hydroxyl groups excluding tert-OH is 1. The van der Waals surface area contributed by atoms with Crippen molar-refractivity contribution in [1.29, 1.82) is 0 Å². The highest BCUT2D eigenvalue weighted by atomic mass is 32.2. The molecule has 19 heteroatoms. The Morgan fingerprint density at radius 2 is 1.48 bits per heavy atom. The van der Waals surface area contributed by atoms with E-state index in [-0.39, 0.29) is 23.0 Å². The van der Waals surface area contributed by atoms with Crippen LogP contribution in [0.5, 0.6) is 0 Å². The minimum Gasteiger partial charge on any atom is -0.505 e. The molecular formula is C35H42F8N4O6S. The Balaban J connectivity index is 0.000000879. The number of alkyl halides is 6. The van der Waals surface area contributed by atoms with Gasteiger partial charge in [0, 0.05) is 41.9 Å². The van der Waals surface area contributed by atoms with Gasteiger partial charge < -0.3 is 36.3 Å².